The smallest absolute Gasteiger partial charge is 0.673 e. The molecule has 1 unspecified atom stereocenters. The van der Waals surface area contributed by atoms with Crippen LogP contribution in [0.5, 0.6) is 0 Å². The second-order valence-corrected chi connectivity index (χ2v) is 18.6. The minimum atomic E-state index is -0.645. The summed E-state index contributed by atoms with van der Waals surface area (Å²) >= 11 is 0. The zero-order valence-electron chi connectivity index (χ0n) is 30.8. The number of hydrogen-bond acceptors (Lipinski definition) is 1. The van der Waals surface area contributed by atoms with Gasteiger partial charge in [0.25, 0.3) is 0 Å². The van der Waals surface area contributed by atoms with Crippen LogP contribution in [0.25, 0.3) is 28.6 Å². The van der Waals surface area contributed by atoms with Crippen LogP contribution in [0, 0.1) is 0 Å². The molecule has 1 aromatic carbocycles. The number of benzene rings is 1. The van der Waals surface area contributed by atoms with Gasteiger partial charge in [-0.3, -0.25) is 0 Å². The topological polar surface area (TPSA) is 98.4 Å². The Labute approximate surface area is 285 Å². The van der Waals surface area contributed by atoms with Gasteiger partial charge in [-0.1, -0.05) is 151 Å². The van der Waals surface area contributed by atoms with Gasteiger partial charge in [-0.25, -0.2) is 0 Å². The van der Waals surface area contributed by atoms with Gasteiger partial charge >= 0.3 is 21.7 Å². The first-order chi connectivity index (χ1) is 18.7. The number of rotatable bonds is 3. The van der Waals surface area contributed by atoms with E-state index in [0.29, 0.717) is 0 Å². The maximum atomic E-state index is 6.94. The van der Waals surface area contributed by atoms with Crippen LogP contribution < -0.4 is 0 Å². The normalized spacial score (nSPS) is 15.8. The number of allylic oxidation sites excluding steroid dienone is 4. The van der Waals surface area contributed by atoms with E-state index in [9.17, 15) is 0 Å². The Morgan fingerprint density at radius 1 is 0.744 bits per heavy atom. The molecule has 5 nitrogen and oxygen atoms in total. The van der Waals surface area contributed by atoms with Crippen molar-refractivity contribution < 1.29 is 21.7 Å². The molecule has 0 radical (unpaired) electrons. The van der Waals surface area contributed by atoms with E-state index < -0.39 is 8.80 Å². The first-order valence-corrected chi connectivity index (χ1v) is 18.5. The Bertz CT molecular complexity index is 820. The molecule has 1 aromatic rings. The van der Waals surface area contributed by atoms with Crippen molar-refractivity contribution in [1.82, 2.24) is 4.90 Å². The van der Waals surface area contributed by atoms with Gasteiger partial charge in [-0.2, -0.15) is 0 Å². The summed E-state index contributed by atoms with van der Waals surface area (Å²) in [7, 11) is -0.645. The maximum absolute atomic E-state index is 6.94. The molecule has 1 heterocycles. The molecule has 3 rings (SSSR count). The Balaban J connectivity index is -0.000000245. The van der Waals surface area contributed by atoms with Crippen LogP contribution in [0.15, 0.2) is 55.1 Å². The summed E-state index contributed by atoms with van der Waals surface area (Å²) in [5.41, 5.74) is 32.1. The van der Waals surface area contributed by atoms with E-state index in [0.717, 1.165) is 5.54 Å². The van der Waals surface area contributed by atoms with Gasteiger partial charge in [0.2, 0.25) is 0 Å². The molecule has 0 amide bonds. The largest absolute Gasteiger partial charge is 4.00 e. The predicted octanol–water partition coefficient (Wildman–Crippen LogP) is 12.3. The molecule has 0 spiro atoms. The van der Waals surface area contributed by atoms with Crippen LogP contribution in [0.2, 0.25) is 13.1 Å². The molecule has 1 fully saturated rings. The average molecular weight is 648 g/mol. The number of fused-ring (bicyclic) bond motifs is 1. The zero-order chi connectivity index (χ0) is 33.9. The number of hydrogen-bond donors (Lipinski definition) is 0. The van der Waals surface area contributed by atoms with Crippen LogP contribution in [-0.2, 0) is 21.7 Å². The van der Waals surface area contributed by atoms with Gasteiger partial charge in [0.1, 0.15) is 0 Å². The van der Waals surface area contributed by atoms with E-state index in [-0.39, 0.29) is 43.9 Å². The quantitative estimate of drug-likeness (QED) is 0.237. The second-order valence-electron chi connectivity index (χ2n) is 15.4. The van der Waals surface area contributed by atoms with Crippen molar-refractivity contribution >= 4 is 14.5 Å². The van der Waals surface area contributed by atoms with Crippen molar-refractivity contribution in [2.24, 2.45) is 0 Å². The molecule has 1 atom stereocenters. The minimum Gasteiger partial charge on any atom is -0.673 e. The van der Waals surface area contributed by atoms with Crippen molar-refractivity contribution in [2.75, 3.05) is 13.1 Å². The minimum absolute atomic E-state index is 0. The third-order valence-corrected chi connectivity index (χ3v) is 6.41. The van der Waals surface area contributed by atoms with Gasteiger partial charge in [0.05, 0.1) is 0 Å². The molecular formula is C36H69N5SiTi. The molecular weight excluding hydrogens is 578 g/mol. The second kappa shape index (κ2) is 23.4. The molecule has 0 saturated carbocycles. The summed E-state index contributed by atoms with van der Waals surface area (Å²) in [6.45, 7) is 35.1. The molecule has 246 valence electrons. The summed E-state index contributed by atoms with van der Waals surface area (Å²) in [5.74, 6) is 0. The van der Waals surface area contributed by atoms with E-state index in [1.54, 1.807) is 11.6 Å². The Morgan fingerprint density at radius 2 is 1.09 bits per heavy atom. The SMILES string of the molecule is C=CC=CC.CC(C)(C)[NH-].CC(C)(C)[NH-].CC(C)(C)[NH-].CC(C)(C)[NH-].C[SiH](C)C1C=C(N2CCCC2)c2ccccc21.[Ti+4]. The fourth-order valence-corrected chi connectivity index (χ4v) is 4.87. The van der Waals surface area contributed by atoms with Gasteiger partial charge in [-0.05, 0) is 30.9 Å². The Morgan fingerprint density at radius 3 is 1.37 bits per heavy atom. The number of likely N-dealkylation sites (tertiary alicyclic amines) is 1. The molecule has 7 heteroatoms. The van der Waals surface area contributed by atoms with E-state index in [1.165, 1.54) is 37.2 Å². The maximum Gasteiger partial charge on any atom is 4.00 e. The molecule has 0 aromatic heterocycles. The molecule has 2 aliphatic rings. The van der Waals surface area contributed by atoms with Crippen LogP contribution in [-0.4, -0.2) is 48.9 Å². The standard InChI is InChI=1S/C15H21NSi.C5H8.4C4H10N.Ti/c1-17(2)15-11-14(16-9-5-6-10-16)12-7-3-4-8-13(12)15;1-3-5-4-2;4*1-4(2,3)5;/h3-4,7-8,11,15,17H,5-6,9-10H2,1-2H3;3-5H,1H2,2H3;4*5H,1-3H3;/q;;4*-1;+4. The van der Waals surface area contributed by atoms with Gasteiger partial charge in [0, 0.05) is 33.1 Å². The van der Waals surface area contributed by atoms with Gasteiger partial charge < -0.3 is 27.8 Å². The van der Waals surface area contributed by atoms with Crippen molar-refractivity contribution in [3.05, 3.63) is 89.2 Å². The third-order valence-electron chi connectivity index (χ3n) is 4.43. The van der Waals surface area contributed by atoms with Crippen LogP contribution in [0.1, 0.15) is 120 Å². The van der Waals surface area contributed by atoms with Crippen molar-refractivity contribution in [1.29, 1.82) is 0 Å². The first kappa shape index (κ1) is 48.9. The summed E-state index contributed by atoms with van der Waals surface area (Å²) < 4.78 is 0. The Hall–Kier alpha value is -0.989. The van der Waals surface area contributed by atoms with Gasteiger partial charge in [-0.15, -0.1) is 22.2 Å². The summed E-state index contributed by atoms with van der Waals surface area (Å²) in [4.78, 5) is 2.59. The van der Waals surface area contributed by atoms with Gasteiger partial charge in [0.15, 0.2) is 0 Å². The van der Waals surface area contributed by atoms with Crippen LogP contribution in [0.3, 0.4) is 0 Å². The number of nitrogens with zero attached hydrogens (tertiary/aromatic N) is 1. The number of nitrogens with one attached hydrogen (secondary N) is 4. The van der Waals surface area contributed by atoms with Crippen LogP contribution in [0.4, 0.5) is 0 Å². The summed E-state index contributed by atoms with van der Waals surface area (Å²) in [6, 6.07) is 9.04. The Kier molecular flexibility index (Phi) is 26.6. The van der Waals surface area contributed by atoms with Crippen molar-refractivity contribution in [3.63, 3.8) is 0 Å². The molecule has 1 aliphatic heterocycles. The molecule has 1 saturated heterocycles. The predicted molar refractivity (Wildman–Crippen MR) is 198 cm³/mol. The molecule has 0 bridgehead atoms. The summed E-state index contributed by atoms with van der Waals surface area (Å²) in [6.07, 6.45) is 10.9. The fraction of sp³-hybridized carbons (Fsp3) is 0.667. The molecule has 43 heavy (non-hydrogen) atoms. The van der Waals surface area contributed by atoms with Crippen molar-refractivity contribution in [3.8, 4) is 0 Å². The van der Waals surface area contributed by atoms with Crippen LogP contribution >= 0.6 is 0 Å². The monoisotopic (exact) mass is 647 g/mol. The summed E-state index contributed by atoms with van der Waals surface area (Å²) in [5, 5.41) is 0. The van der Waals surface area contributed by atoms with E-state index >= 15 is 0 Å². The third kappa shape index (κ3) is 41.0. The fourth-order valence-electron chi connectivity index (χ4n) is 3.29. The van der Waals surface area contributed by atoms with Crippen molar-refractivity contribution in [2.45, 2.75) is 144 Å². The average Bonchev–Trinajstić information content (AvgIpc) is 3.38. The molecule has 4 N–H and O–H groups in total. The van der Waals surface area contributed by atoms with E-state index in [2.05, 4.69) is 54.9 Å². The van der Waals surface area contributed by atoms with E-state index in [1.807, 2.05) is 102 Å². The molecule has 1 aliphatic carbocycles. The first-order valence-electron chi connectivity index (χ1n) is 15.5. The zero-order valence-corrected chi connectivity index (χ0v) is 33.5. The van der Waals surface area contributed by atoms with E-state index in [4.69, 9.17) is 22.9 Å².